The zero-order valence-electron chi connectivity index (χ0n) is 8.29. The van der Waals surface area contributed by atoms with Crippen LogP contribution >= 0.6 is 11.6 Å². The summed E-state index contributed by atoms with van der Waals surface area (Å²) in [4.78, 5) is 6.85. The van der Waals surface area contributed by atoms with Crippen LogP contribution in [-0.2, 0) is 6.18 Å². The van der Waals surface area contributed by atoms with Gasteiger partial charge in [0.25, 0.3) is 0 Å². The average Bonchev–Trinajstić information content (AvgIpc) is 2.28. The molecule has 17 heavy (non-hydrogen) atoms. The maximum Gasteiger partial charge on any atom is 0.434 e. The summed E-state index contributed by atoms with van der Waals surface area (Å²) in [7, 11) is 0. The Labute approximate surface area is 100 Å². The summed E-state index contributed by atoms with van der Waals surface area (Å²) < 4.78 is 38.1. The Morgan fingerprint density at radius 1 is 1.29 bits per heavy atom. The number of benzene rings is 1. The van der Waals surface area contributed by atoms with E-state index in [2.05, 4.69) is 16.0 Å². The molecule has 0 bridgehead atoms. The van der Waals surface area contributed by atoms with E-state index >= 15 is 0 Å². The SMILES string of the molecule is FC(F)(F)c1ncncc1-c1[c]ccc(Cl)c1. The quantitative estimate of drug-likeness (QED) is 0.780. The van der Waals surface area contributed by atoms with Gasteiger partial charge in [-0.2, -0.15) is 13.2 Å². The minimum atomic E-state index is -4.53. The Morgan fingerprint density at radius 2 is 2.06 bits per heavy atom. The van der Waals surface area contributed by atoms with Gasteiger partial charge in [0.1, 0.15) is 6.33 Å². The molecule has 0 spiro atoms. The molecule has 0 N–H and O–H groups in total. The second-order valence-corrected chi connectivity index (χ2v) is 3.64. The second-order valence-electron chi connectivity index (χ2n) is 3.20. The fraction of sp³-hybridized carbons (Fsp3) is 0.0909. The van der Waals surface area contributed by atoms with Gasteiger partial charge in [0.15, 0.2) is 5.69 Å². The van der Waals surface area contributed by atoms with Crippen LogP contribution in [0.15, 0.2) is 30.7 Å². The van der Waals surface area contributed by atoms with Gasteiger partial charge in [-0.15, -0.1) is 0 Å². The smallest absolute Gasteiger partial charge is 0.244 e. The van der Waals surface area contributed by atoms with Crippen LogP contribution in [0.25, 0.3) is 11.1 Å². The van der Waals surface area contributed by atoms with Crippen molar-refractivity contribution >= 4 is 11.6 Å². The zero-order valence-corrected chi connectivity index (χ0v) is 9.05. The number of hydrogen-bond acceptors (Lipinski definition) is 2. The van der Waals surface area contributed by atoms with Gasteiger partial charge in [-0.3, -0.25) is 0 Å². The molecule has 0 aliphatic carbocycles. The minimum Gasteiger partial charge on any atom is -0.244 e. The standard InChI is InChI=1S/C11H5ClF3N2/c12-8-3-1-2-7(4-8)9-5-16-6-17-10(9)11(13,14)15/h1,3-6H. The van der Waals surface area contributed by atoms with E-state index in [0.29, 0.717) is 5.02 Å². The largest absolute Gasteiger partial charge is 0.434 e. The van der Waals surface area contributed by atoms with Gasteiger partial charge in [0.2, 0.25) is 0 Å². The van der Waals surface area contributed by atoms with Crippen LogP contribution in [0.5, 0.6) is 0 Å². The van der Waals surface area contributed by atoms with Crippen molar-refractivity contribution < 1.29 is 13.2 Å². The summed E-state index contributed by atoms with van der Waals surface area (Å²) in [5.41, 5.74) is -0.918. The lowest BCUT2D eigenvalue weighted by Crippen LogP contribution is -2.10. The highest BCUT2D eigenvalue weighted by Gasteiger charge is 2.35. The second kappa shape index (κ2) is 4.33. The normalized spacial score (nSPS) is 11.5. The number of halogens is 4. The van der Waals surface area contributed by atoms with Crippen LogP contribution < -0.4 is 0 Å². The summed E-state index contributed by atoms with van der Waals surface area (Å²) in [6.45, 7) is 0. The first-order valence-electron chi connectivity index (χ1n) is 4.53. The van der Waals surface area contributed by atoms with E-state index in [0.717, 1.165) is 12.5 Å². The molecular weight excluding hydrogens is 253 g/mol. The average molecular weight is 258 g/mol. The Morgan fingerprint density at radius 3 is 2.71 bits per heavy atom. The fourth-order valence-corrected chi connectivity index (χ4v) is 1.52. The molecule has 1 aromatic heterocycles. The molecule has 0 fully saturated rings. The third-order valence-electron chi connectivity index (χ3n) is 2.03. The highest BCUT2D eigenvalue weighted by atomic mass is 35.5. The maximum absolute atomic E-state index is 12.7. The lowest BCUT2D eigenvalue weighted by atomic mass is 10.1. The minimum absolute atomic E-state index is 0.137. The van der Waals surface area contributed by atoms with E-state index in [9.17, 15) is 13.2 Å². The van der Waals surface area contributed by atoms with Gasteiger partial charge in [-0.25, -0.2) is 9.97 Å². The van der Waals surface area contributed by atoms with Crippen molar-refractivity contribution in [1.82, 2.24) is 9.97 Å². The lowest BCUT2D eigenvalue weighted by molar-refractivity contribution is -0.140. The summed E-state index contributed by atoms with van der Waals surface area (Å²) in [5.74, 6) is 0. The number of nitrogens with zero attached hydrogens (tertiary/aromatic N) is 2. The maximum atomic E-state index is 12.7. The van der Waals surface area contributed by atoms with Crippen LogP contribution in [0, 0.1) is 6.07 Å². The fourth-order valence-electron chi connectivity index (χ4n) is 1.35. The summed E-state index contributed by atoms with van der Waals surface area (Å²) in [5, 5.41) is 0.329. The molecule has 2 aromatic rings. The zero-order chi connectivity index (χ0) is 12.5. The van der Waals surface area contributed by atoms with Crippen LogP contribution in [0.3, 0.4) is 0 Å². The monoisotopic (exact) mass is 257 g/mol. The first-order chi connectivity index (χ1) is 7.98. The van der Waals surface area contributed by atoms with Gasteiger partial charge in [0.05, 0.1) is 0 Å². The van der Waals surface area contributed by atoms with Crippen molar-refractivity contribution in [2.24, 2.45) is 0 Å². The van der Waals surface area contributed by atoms with Crippen LogP contribution in [0.1, 0.15) is 5.69 Å². The van der Waals surface area contributed by atoms with Crippen molar-refractivity contribution in [3.05, 3.63) is 47.5 Å². The molecule has 1 aromatic carbocycles. The van der Waals surface area contributed by atoms with Gasteiger partial charge in [-0.1, -0.05) is 17.7 Å². The number of hydrogen-bond donors (Lipinski definition) is 0. The Bertz CT molecular complexity index is 540. The van der Waals surface area contributed by atoms with Gasteiger partial charge in [-0.05, 0) is 23.8 Å². The molecule has 0 amide bonds. The molecule has 2 nitrogen and oxygen atoms in total. The number of rotatable bonds is 1. The molecule has 0 atom stereocenters. The van der Waals surface area contributed by atoms with E-state index in [4.69, 9.17) is 11.6 Å². The molecule has 0 saturated heterocycles. The first kappa shape index (κ1) is 11.9. The predicted octanol–water partition coefficient (Wildman–Crippen LogP) is 3.62. The van der Waals surface area contributed by atoms with Crippen LogP contribution in [-0.4, -0.2) is 9.97 Å². The molecular formula is C11H5ClF3N2. The van der Waals surface area contributed by atoms with E-state index in [1.807, 2.05) is 0 Å². The number of aromatic nitrogens is 2. The summed E-state index contributed by atoms with van der Waals surface area (Å²) >= 11 is 5.72. The van der Waals surface area contributed by atoms with E-state index in [1.54, 1.807) is 0 Å². The lowest BCUT2D eigenvalue weighted by Gasteiger charge is -2.10. The van der Waals surface area contributed by atoms with E-state index in [1.165, 1.54) is 18.2 Å². The highest BCUT2D eigenvalue weighted by molar-refractivity contribution is 6.30. The Hall–Kier alpha value is -1.62. The molecule has 0 aliphatic heterocycles. The molecule has 0 unspecified atom stereocenters. The molecule has 6 heteroatoms. The Kier molecular flexibility index (Phi) is 3.02. The molecule has 1 heterocycles. The number of alkyl halides is 3. The topological polar surface area (TPSA) is 25.8 Å². The van der Waals surface area contributed by atoms with Crippen molar-refractivity contribution in [2.75, 3.05) is 0 Å². The van der Waals surface area contributed by atoms with Crippen molar-refractivity contribution in [1.29, 1.82) is 0 Å². The van der Waals surface area contributed by atoms with Crippen LogP contribution in [0.2, 0.25) is 5.02 Å². The molecule has 1 radical (unpaired) electrons. The summed E-state index contributed by atoms with van der Waals surface area (Å²) in [6.07, 6.45) is -2.58. The van der Waals surface area contributed by atoms with Gasteiger partial charge < -0.3 is 0 Å². The van der Waals surface area contributed by atoms with Crippen molar-refractivity contribution in [2.45, 2.75) is 6.18 Å². The summed E-state index contributed by atoms with van der Waals surface area (Å²) in [6, 6.07) is 7.04. The Balaban J connectivity index is 2.60. The molecule has 2 rings (SSSR count). The highest BCUT2D eigenvalue weighted by Crippen LogP contribution is 2.35. The van der Waals surface area contributed by atoms with E-state index < -0.39 is 11.9 Å². The van der Waals surface area contributed by atoms with Gasteiger partial charge in [0, 0.05) is 16.8 Å². The first-order valence-corrected chi connectivity index (χ1v) is 4.91. The van der Waals surface area contributed by atoms with Crippen LogP contribution in [0.4, 0.5) is 13.2 Å². The van der Waals surface area contributed by atoms with Crippen molar-refractivity contribution in [3.8, 4) is 11.1 Å². The third-order valence-corrected chi connectivity index (χ3v) is 2.27. The third kappa shape index (κ3) is 2.55. The molecule has 0 aliphatic rings. The predicted molar refractivity (Wildman–Crippen MR) is 56.3 cm³/mol. The van der Waals surface area contributed by atoms with Crippen molar-refractivity contribution in [3.63, 3.8) is 0 Å². The molecule has 0 saturated carbocycles. The molecule has 87 valence electrons. The van der Waals surface area contributed by atoms with E-state index in [-0.39, 0.29) is 11.1 Å². The van der Waals surface area contributed by atoms with Gasteiger partial charge >= 0.3 is 6.18 Å².